The lowest BCUT2D eigenvalue weighted by Gasteiger charge is -2.26. The first kappa shape index (κ1) is 12.8. The van der Waals surface area contributed by atoms with Crippen LogP contribution >= 0.6 is 0 Å². The van der Waals surface area contributed by atoms with Gasteiger partial charge in [0.1, 0.15) is 6.10 Å². The number of ether oxygens (including phenoxy) is 2. The lowest BCUT2D eigenvalue weighted by molar-refractivity contribution is -0.222. The van der Waals surface area contributed by atoms with E-state index in [0.717, 1.165) is 0 Å². The number of hydrogen-bond acceptors (Lipinski definition) is 5. The van der Waals surface area contributed by atoms with Crippen molar-refractivity contribution < 1.29 is 24.8 Å². The number of hydrogen-bond donors (Lipinski definition) is 3. The second-order valence-corrected chi connectivity index (χ2v) is 2.96. The standard InChI is InChI=1S/C8H18O5/c1-5(4-9)13-8(12-3)7(11)6(2)10/h5-11H,4H2,1-3H3. The molecule has 0 aliphatic heterocycles. The van der Waals surface area contributed by atoms with E-state index in [9.17, 15) is 5.11 Å². The van der Waals surface area contributed by atoms with E-state index in [1.165, 1.54) is 14.0 Å². The van der Waals surface area contributed by atoms with Crippen molar-refractivity contribution in [2.75, 3.05) is 13.7 Å². The summed E-state index contributed by atoms with van der Waals surface area (Å²) < 4.78 is 9.89. The van der Waals surface area contributed by atoms with Crippen molar-refractivity contribution in [2.45, 2.75) is 38.4 Å². The SMILES string of the molecule is COC(OC(C)CO)C(O)C(C)O. The fourth-order valence-corrected chi connectivity index (χ4v) is 0.775. The molecule has 0 bridgehead atoms. The fraction of sp³-hybridized carbons (Fsp3) is 1.00. The maximum absolute atomic E-state index is 9.35. The topological polar surface area (TPSA) is 79.2 Å². The average molecular weight is 194 g/mol. The van der Waals surface area contributed by atoms with E-state index in [1.54, 1.807) is 6.92 Å². The summed E-state index contributed by atoms with van der Waals surface area (Å²) in [6, 6.07) is 0. The molecule has 0 saturated heterocycles. The number of methoxy groups -OCH3 is 1. The molecule has 5 heteroatoms. The van der Waals surface area contributed by atoms with E-state index in [2.05, 4.69) is 0 Å². The molecule has 0 radical (unpaired) electrons. The average Bonchev–Trinajstić information content (AvgIpc) is 2.12. The lowest BCUT2D eigenvalue weighted by Crippen LogP contribution is -2.41. The molecule has 0 rings (SSSR count). The van der Waals surface area contributed by atoms with Gasteiger partial charge in [-0.2, -0.15) is 0 Å². The van der Waals surface area contributed by atoms with E-state index < -0.39 is 24.6 Å². The predicted molar refractivity (Wildman–Crippen MR) is 46.1 cm³/mol. The summed E-state index contributed by atoms with van der Waals surface area (Å²) in [4.78, 5) is 0. The van der Waals surface area contributed by atoms with Crippen molar-refractivity contribution in [2.24, 2.45) is 0 Å². The minimum atomic E-state index is -1.11. The molecule has 80 valence electrons. The van der Waals surface area contributed by atoms with Gasteiger partial charge in [-0.05, 0) is 13.8 Å². The monoisotopic (exact) mass is 194 g/mol. The summed E-state index contributed by atoms with van der Waals surface area (Å²) in [5, 5.41) is 27.1. The van der Waals surface area contributed by atoms with Crippen LogP contribution in [-0.2, 0) is 9.47 Å². The third kappa shape index (κ3) is 4.54. The Kier molecular flexibility index (Phi) is 6.19. The molecule has 4 unspecified atom stereocenters. The first-order chi connectivity index (χ1) is 6.02. The Morgan fingerprint density at radius 2 is 1.77 bits per heavy atom. The zero-order chi connectivity index (χ0) is 10.4. The summed E-state index contributed by atoms with van der Waals surface area (Å²) >= 11 is 0. The molecule has 0 aromatic carbocycles. The van der Waals surface area contributed by atoms with Crippen molar-refractivity contribution >= 4 is 0 Å². The summed E-state index contributed by atoms with van der Waals surface area (Å²) in [5.74, 6) is 0. The van der Waals surface area contributed by atoms with Gasteiger partial charge in [-0.3, -0.25) is 0 Å². The first-order valence-corrected chi connectivity index (χ1v) is 4.18. The van der Waals surface area contributed by atoms with Gasteiger partial charge in [0.15, 0.2) is 6.29 Å². The van der Waals surface area contributed by atoms with Gasteiger partial charge < -0.3 is 24.8 Å². The Bertz CT molecular complexity index is 128. The maximum atomic E-state index is 9.35. The molecule has 0 aromatic heterocycles. The van der Waals surface area contributed by atoms with Crippen LogP contribution in [-0.4, -0.2) is 53.6 Å². The summed E-state index contributed by atoms with van der Waals surface area (Å²) in [7, 11) is 1.36. The molecule has 4 atom stereocenters. The Balaban J connectivity index is 4.01. The minimum Gasteiger partial charge on any atom is -0.394 e. The summed E-state index contributed by atoms with van der Waals surface area (Å²) in [5.41, 5.74) is 0. The van der Waals surface area contributed by atoms with Crippen molar-refractivity contribution in [3.05, 3.63) is 0 Å². The molecular formula is C8H18O5. The second kappa shape index (κ2) is 6.28. The highest BCUT2D eigenvalue weighted by atomic mass is 16.7. The highest BCUT2D eigenvalue weighted by Crippen LogP contribution is 2.07. The van der Waals surface area contributed by atoms with Crippen LogP contribution in [0.25, 0.3) is 0 Å². The van der Waals surface area contributed by atoms with E-state index in [4.69, 9.17) is 19.7 Å². The lowest BCUT2D eigenvalue weighted by atomic mass is 10.2. The Morgan fingerprint density at radius 3 is 2.08 bits per heavy atom. The zero-order valence-electron chi connectivity index (χ0n) is 8.17. The third-order valence-electron chi connectivity index (χ3n) is 1.63. The van der Waals surface area contributed by atoms with Gasteiger partial charge >= 0.3 is 0 Å². The van der Waals surface area contributed by atoms with Crippen molar-refractivity contribution in [1.29, 1.82) is 0 Å². The van der Waals surface area contributed by atoms with E-state index in [-0.39, 0.29) is 6.61 Å². The van der Waals surface area contributed by atoms with Crippen LogP contribution in [0.1, 0.15) is 13.8 Å². The molecule has 0 saturated carbocycles. The van der Waals surface area contributed by atoms with Crippen molar-refractivity contribution in [1.82, 2.24) is 0 Å². The number of aliphatic hydroxyl groups is 3. The zero-order valence-corrected chi connectivity index (χ0v) is 8.17. The molecule has 0 fully saturated rings. The highest BCUT2D eigenvalue weighted by Gasteiger charge is 2.25. The normalized spacial score (nSPS) is 20.8. The fourth-order valence-electron chi connectivity index (χ4n) is 0.775. The molecule has 0 aromatic rings. The third-order valence-corrected chi connectivity index (χ3v) is 1.63. The maximum Gasteiger partial charge on any atom is 0.186 e. The van der Waals surface area contributed by atoms with Gasteiger partial charge in [0.2, 0.25) is 0 Å². The quantitative estimate of drug-likeness (QED) is 0.477. The van der Waals surface area contributed by atoms with Crippen LogP contribution in [0.2, 0.25) is 0 Å². The number of rotatable bonds is 6. The van der Waals surface area contributed by atoms with Gasteiger partial charge in [0.05, 0.1) is 18.8 Å². The smallest absolute Gasteiger partial charge is 0.186 e. The van der Waals surface area contributed by atoms with E-state index >= 15 is 0 Å². The molecule has 0 aliphatic carbocycles. The molecule has 3 N–H and O–H groups in total. The largest absolute Gasteiger partial charge is 0.394 e. The Hall–Kier alpha value is -0.200. The Labute approximate surface area is 77.9 Å². The van der Waals surface area contributed by atoms with Crippen LogP contribution in [0, 0.1) is 0 Å². The molecule has 0 aliphatic rings. The number of aliphatic hydroxyl groups excluding tert-OH is 3. The van der Waals surface area contributed by atoms with Crippen LogP contribution in [0.15, 0.2) is 0 Å². The second-order valence-electron chi connectivity index (χ2n) is 2.96. The molecule has 0 spiro atoms. The molecule has 5 nitrogen and oxygen atoms in total. The van der Waals surface area contributed by atoms with E-state index in [1.807, 2.05) is 0 Å². The highest BCUT2D eigenvalue weighted by molar-refractivity contribution is 4.67. The minimum absolute atomic E-state index is 0.160. The van der Waals surface area contributed by atoms with E-state index in [0.29, 0.717) is 0 Å². The van der Waals surface area contributed by atoms with Gasteiger partial charge in [0.25, 0.3) is 0 Å². The van der Waals surface area contributed by atoms with Crippen LogP contribution < -0.4 is 0 Å². The predicted octanol–water partition coefficient (Wildman–Crippen LogP) is -0.902. The van der Waals surface area contributed by atoms with Gasteiger partial charge in [0, 0.05) is 7.11 Å². The molecule has 0 amide bonds. The molecular weight excluding hydrogens is 176 g/mol. The van der Waals surface area contributed by atoms with Gasteiger partial charge in [-0.25, -0.2) is 0 Å². The van der Waals surface area contributed by atoms with Crippen LogP contribution in [0.3, 0.4) is 0 Å². The van der Waals surface area contributed by atoms with Gasteiger partial charge in [-0.15, -0.1) is 0 Å². The van der Waals surface area contributed by atoms with Gasteiger partial charge in [-0.1, -0.05) is 0 Å². The molecule has 0 heterocycles. The summed E-state index contributed by atoms with van der Waals surface area (Å²) in [6.45, 7) is 2.91. The Morgan fingerprint density at radius 1 is 1.23 bits per heavy atom. The van der Waals surface area contributed by atoms with Crippen LogP contribution in [0.5, 0.6) is 0 Å². The van der Waals surface area contributed by atoms with Crippen molar-refractivity contribution in [3.8, 4) is 0 Å². The first-order valence-electron chi connectivity index (χ1n) is 4.18. The molecule has 13 heavy (non-hydrogen) atoms. The summed E-state index contributed by atoms with van der Waals surface area (Å²) in [6.07, 6.45) is -3.39. The van der Waals surface area contributed by atoms with Crippen LogP contribution in [0.4, 0.5) is 0 Å². The van der Waals surface area contributed by atoms with Crippen molar-refractivity contribution in [3.63, 3.8) is 0 Å².